The number of nitrogens with zero attached hydrogens (tertiary/aromatic N) is 1. The number of hydrogen-bond donors (Lipinski definition) is 3. The summed E-state index contributed by atoms with van der Waals surface area (Å²) >= 11 is 1.14. The normalized spacial score (nSPS) is 24.8. The second-order valence-electron chi connectivity index (χ2n) is 9.05. The van der Waals surface area contributed by atoms with Gasteiger partial charge in [-0.1, -0.05) is 60.7 Å². The topological polar surface area (TPSA) is 159 Å². The fourth-order valence-electron chi connectivity index (χ4n) is 4.63. The van der Waals surface area contributed by atoms with Crippen molar-refractivity contribution in [2.75, 3.05) is 0 Å². The number of nitrogens with one attached hydrogen (secondary N) is 2. The van der Waals surface area contributed by atoms with Gasteiger partial charge in [-0.15, -0.1) is 11.8 Å². The number of benzene rings is 2. The molecule has 4 atom stereocenters. The third-order valence-electron chi connectivity index (χ3n) is 6.40. The molecular weight excluding hydrogens is 522 g/mol. The van der Waals surface area contributed by atoms with E-state index in [1.165, 1.54) is 24.3 Å². The number of carbonyl (C=O) groups excluding carboxylic acids is 4. The largest absolute Gasteiger partial charge is 0.458 e. The Bertz CT molecular complexity index is 1320. The van der Waals surface area contributed by atoms with Gasteiger partial charge in [0.25, 0.3) is 16.0 Å². The van der Waals surface area contributed by atoms with Gasteiger partial charge in [-0.3, -0.25) is 23.8 Å². The lowest BCUT2D eigenvalue weighted by atomic mass is 9.88. The highest BCUT2D eigenvalue weighted by Gasteiger charge is 2.74. The van der Waals surface area contributed by atoms with Crippen LogP contribution in [0.25, 0.3) is 0 Å². The van der Waals surface area contributed by atoms with Crippen molar-refractivity contribution in [1.82, 2.24) is 15.5 Å². The van der Waals surface area contributed by atoms with Crippen molar-refractivity contribution < 1.29 is 36.9 Å². The molecule has 13 heteroatoms. The molecule has 0 radical (unpaired) electrons. The molecule has 3 amide bonds. The first-order valence-electron chi connectivity index (χ1n) is 11.2. The number of thioether (sulfide) groups is 1. The zero-order chi connectivity index (χ0) is 27.0. The van der Waals surface area contributed by atoms with Crippen molar-refractivity contribution >= 4 is 46.1 Å². The summed E-state index contributed by atoms with van der Waals surface area (Å²) in [6.45, 7) is 3.20. The number of esters is 1. The highest BCUT2D eigenvalue weighted by Crippen LogP contribution is 2.56. The summed E-state index contributed by atoms with van der Waals surface area (Å²) < 4.78 is 38.2. The molecule has 2 aliphatic rings. The van der Waals surface area contributed by atoms with Crippen molar-refractivity contribution in [3.8, 4) is 0 Å². The van der Waals surface area contributed by atoms with E-state index in [2.05, 4.69) is 10.6 Å². The third kappa shape index (κ3) is 4.58. The van der Waals surface area contributed by atoms with Crippen LogP contribution in [0.15, 0.2) is 60.7 Å². The van der Waals surface area contributed by atoms with Crippen molar-refractivity contribution in [1.29, 1.82) is 0 Å². The lowest BCUT2D eigenvalue weighted by molar-refractivity contribution is -0.180. The molecule has 0 bridgehead atoms. The van der Waals surface area contributed by atoms with Crippen molar-refractivity contribution in [2.45, 2.75) is 47.5 Å². The van der Waals surface area contributed by atoms with Crippen LogP contribution in [0.2, 0.25) is 0 Å². The van der Waals surface area contributed by atoms with Gasteiger partial charge < -0.3 is 15.4 Å². The minimum atomic E-state index is -4.86. The molecule has 0 aliphatic carbocycles. The van der Waals surface area contributed by atoms with Gasteiger partial charge in [-0.05, 0) is 25.0 Å². The first-order valence-corrected chi connectivity index (χ1v) is 13.6. The highest BCUT2D eigenvalue weighted by molar-refractivity contribution is 8.01. The van der Waals surface area contributed by atoms with Crippen LogP contribution < -0.4 is 10.6 Å². The van der Waals surface area contributed by atoms with Gasteiger partial charge in [0.05, 0.1) is 4.75 Å². The van der Waals surface area contributed by atoms with Crippen LogP contribution in [0.1, 0.15) is 30.2 Å². The van der Waals surface area contributed by atoms with Crippen molar-refractivity contribution in [2.24, 2.45) is 0 Å². The van der Waals surface area contributed by atoms with E-state index in [0.29, 0.717) is 12.0 Å². The zero-order valence-corrected chi connectivity index (χ0v) is 21.5. The molecule has 2 fully saturated rings. The van der Waals surface area contributed by atoms with Crippen LogP contribution in [-0.2, 0) is 40.6 Å². The van der Waals surface area contributed by atoms with E-state index in [1.807, 2.05) is 0 Å². The van der Waals surface area contributed by atoms with E-state index < -0.39 is 55.0 Å². The van der Waals surface area contributed by atoms with Crippen molar-refractivity contribution in [3.63, 3.8) is 0 Å². The molecule has 0 saturated carbocycles. The molecule has 2 aromatic rings. The second-order valence-corrected chi connectivity index (χ2v) is 12.3. The molecule has 0 aromatic heterocycles. The number of β-lactam (4-membered cyclic amide) rings is 1. The number of rotatable bonds is 9. The van der Waals surface area contributed by atoms with E-state index in [-0.39, 0.29) is 12.2 Å². The molecule has 37 heavy (non-hydrogen) atoms. The van der Waals surface area contributed by atoms with Gasteiger partial charge in [0, 0.05) is 0 Å². The summed E-state index contributed by atoms with van der Waals surface area (Å²) in [5.74, 6) is -2.68. The van der Waals surface area contributed by atoms with Gasteiger partial charge in [0.15, 0.2) is 5.25 Å². The molecule has 2 heterocycles. The van der Waals surface area contributed by atoms with E-state index in [4.69, 9.17) is 4.74 Å². The van der Waals surface area contributed by atoms with E-state index in [9.17, 15) is 32.1 Å². The lowest BCUT2D eigenvalue weighted by Gasteiger charge is -2.49. The maximum absolute atomic E-state index is 13.4. The Morgan fingerprint density at radius 1 is 1.14 bits per heavy atom. The Morgan fingerprint density at radius 2 is 1.73 bits per heavy atom. The SMILES string of the molecule is CC1(C)S[C@@H]2[C@@H](NC(=O)[C@@H](c3ccccc3)S(=O)(=O)O)C(=O)N2[C@@]1(NC=O)C(=O)OCc1ccccc1. The van der Waals surface area contributed by atoms with E-state index >= 15 is 0 Å². The molecule has 2 saturated heterocycles. The lowest BCUT2D eigenvalue weighted by Crippen LogP contribution is -2.79. The molecule has 0 unspecified atom stereocenters. The predicted molar refractivity (Wildman–Crippen MR) is 133 cm³/mol. The standard InChI is InChI=1S/C24H25N3O8S2/c1-23(2)24(25-14-28,22(31)35-13-15-9-5-3-6-10-15)27-20(30)17(21(27)36-23)26-19(29)18(37(32,33)34)16-11-7-4-8-12-16/h3-12,14,17-18,21H,13H2,1-2H3,(H,25,28)(H,26,29)(H,32,33,34)/t17-,18+,21+,24-/m0/s1. The van der Waals surface area contributed by atoms with Gasteiger partial charge >= 0.3 is 5.97 Å². The summed E-state index contributed by atoms with van der Waals surface area (Å²) in [4.78, 5) is 52.4. The summed E-state index contributed by atoms with van der Waals surface area (Å²) in [5, 5.41) is 2.10. The minimum Gasteiger partial charge on any atom is -0.458 e. The molecule has 196 valence electrons. The van der Waals surface area contributed by atoms with Gasteiger partial charge in [0.2, 0.25) is 18.0 Å². The van der Waals surface area contributed by atoms with Crippen LogP contribution in [0.3, 0.4) is 0 Å². The van der Waals surface area contributed by atoms with E-state index in [0.717, 1.165) is 16.7 Å². The Kier molecular flexibility index (Phi) is 7.06. The average Bonchev–Trinajstić information content (AvgIpc) is 3.06. The number of ether oxygens (including phenoxy) is 1. The number of amides is 3. The fraction of sp³-hybridized carbons (Fsp3) is 0.333. The molecule has 11 nitrogen and oxygen atoms in total. The predicted octanol–water partition coefficient (Wildman–Crippen LogP) is 0.980. The fourth-order valence-corrected chi connectivity index (χ4v) is 7.17. The number of carbonyl (C=O) groups is 4. The Labute approximate surface area is 217 Å². The first-order chi connectivity index (χ1) is 17.4. The second kappa shape index (κ2) is 9.80. The minimum absolute atomic E-state index is 0.0204. The van der Waals surface area contributed by atoms with Crippen LogP contribution in [-0.4, -0.2) is 63.9 Å². The quantitative estimate of drug-likeness (QED) is 0.180. The van der Waals surface area contributed by atoms with Gasteiger partial charge in [-0.25, -0.2) is 4.79 Å². The zero-order valence-electron chi connectivity index (χ0n) is 19.9. The number of fused-ring (bicyclic) bond motifs is 1. The summed E-state index contributed by atoms with van der Waals surface area (Å²) in [6.07, 6.45) is 0.303. The molecule has 0 spiro atoms. The Balaban J connectivity index is 1.58. The molecule has 3 N–H and O–H groups in total. The maximum Gasteiger partial charge on any atom is 0.355 e. The van der Waals surface area contributed by atoms with Crippen molar-refractivity contribution in [3.05, 3.63) is 71.8 Å². The third-order valence-corrected chi connectivity index (χ3v) is 9.09. The Hall–Kier alpha value is -3.42. The summed E-state index contributed by atoms with van der Waals surface area (Å²) in [5.41, 5.74) is -1.15. The van der Waals surface area contributed by atoms with Gasteiger partial charge in [0.1, 0.15) is 18.0 Å². The monoisotopic (exact) mass is 547 g/mol. The Morgan fingerprint density at radius 3 is 2.30 bits per heavy atom. The smallest absolute Gasteiger partial charge is 0.355 e. The molecule has 2 aliphatic heterocycles. The number of hydrogen-bond acceptors (Lipinski definition) is 8. The average molecular weight is 548 g/mol. The van der Waals surface area contributed by atoms with Crippen LogP contribution in [0, 0.1) is 0 Å². The summed E-state index contributed by atoms with van der Waals surface area (Å²) in [6, 6.07) is 15.0. The molecule has 4 rings (SSSR count). The highest BCUT2D eigenvalue weighted by atomic mass is 32.2. The maximum atomic E-state index is 13.4. The molecule has 2 aromatic carbocycles. The summed E-state index contributed by atoms with van der Waals surface area (Å²) in [7, 11) is -4.86. The van der Waals surface area contributed by atoms with Crippen LogP contribution in [0.4, 0.5) is 0 Å². The first kappa shape index (κ1) is 26.6. The van der Waals surface area contributed by atoms with Crippen LogP contribution in [0.5, 0.6) is 0 Å². The van der Waals surface area contributed by atoms with Crippen LogP contribution >= 0.6 is 11.8 Å². The van der Waals surface area contributed by atoms with Gasteiger partial charge in [-0.2, -0.15) is 8.42 Å². The van der Waals surface area contributed by atoms with E-state index in [1.54, 1.807) is 50.2 Å². The molecular formula is C24H25N3O8S2.